The molecule has 1 aromatic heterocycles. The van der Waals surface area contributed by atoms with E-state index in [1.807, 2.05) is 18.2 Å². The maximum atomic E-state index is 12.7. The molecule has 2 N–H and O–H groups in total. The van der Waals surface area contributed by atoms with Crippen molar-refractivity contribution in [3.05, 3.63) is 48.3 Å². The Balaban J connectivity index is 1.80. The molecule has 0 aliphatic carbocycles. The second-order valence-electron chi connectivity index (χ2n) is 5.39. The Morgan fingerprint density at radius 3 is 3.00 bits per heavy atom. The Bertz CT molecular complexity index is 673. The lowest BCUT2D eigenvalue weighted by Gasteiger charge is -2.32. The number of benzene rings is 1. The first kappa shape index (κ1) is 14.4. The van der Waals surface area contributed by atoms with Crippen LogP contribution in [-0.2, 0) is 11.2 Å². The van der Waals surface area contributed by atoms with Gasteiger partial charge in [-0.1, -0.05) is 6.07 Å². The summed E-state index contributed by atoms with van der Waals surface area (Å²) < 4.78 is 5.69. The molecule has 1 aliphatic rings. The average molecular weight is 297 g/mol. The van der Waals surface area contributed by atoms with E-state index in [4.69, 9.17) is 10.5 Å². The molecular formula is C17H19N3O2. The zero-order valence-electron chi connectivity index (χ0n) is 12.5. The summed E-state index contributed by atoms with van der Waals surface area (Å²) in [5, 5.41) is 0. The van der Waals surface area contributed by atoms with Crippen LogP contribution in [0.25, 0.3) is 0 Å². The molecule has 0 bridgehead atoms. The van der Waals surface area contributed by atoms with Gasteiger partial charge >= 0.3 is 0 Å². The highest BCUT2D eigenvalue weighted by Crippen LogP contribution is 2.31. The Labute approximate surface area is 129 Å². The van der Waals surface area contributed by atoms with Crippen molar-refractivity contribution in [2.45, 2.75) is 25.9 Å². The van der Waals surface area contributed by atoms with E-state index in [0.29, 0.717) is 12.3 Å². The van der Waals surface area contributed by atoms with E-state index in [2.05, 4.69) is 4.98 Å². The molecule has 0 saturated heterocycles. The molecule has 1 amide bonds. The predicted octanol–water partition coefficient (Wildman–Crippen LogP) is 2.41. The van der Waals surface area contributed by atoms with Crippen molar-refractivity contribution in [3.8, 4) is 5.75 Å². The van der Waals surface area contributed by atoms with Gasteiger partial charge in [0.1, 0.15) is 5.75 Å². The quantitative estimate of drug-likeness (QED) is 0.883. The fraction of sp³-hybridized carbons (Fsp3) is 0.294. The van der Waals surface area contributed by atoms with Crippen molar-refractivity contribution < 1.29 is 9.53 Å². The number of nitrogens with two attached hydrogens (primary N) is 1. The zero-order chi connectivity index (χ0) is 15.5. The van der Waals surface area contributed by atoms with Crippen LogP contribution in [-0.4, -0.2) is 23.5 Å². The molecule has 5 heteroatoms. The minimum Gasteiger partial charge on any atom is -0.479 e. The largest absolute Gasteiger partial charge is 0.479 e. The number of anilines is 2. The Hall–Kier alpha value is -2.56. The highest BCUT2D eigenvalue weighted by Gasteiger charge is 2.28. The molecule has 0 saturated carbocycles. The molecule has 0 radical (unpaired) electrons. The van der Waals surface area contributed by atoms with Gasteiger partial charge in [0.15, 0.2) is 6.10 Å². The van der Waals surface area contributed by atoms with Crippen molar-refractivity contribution in [3.63, 3.8) is 0 Å². The molecule has 3 rings (SSSR count). The number of hydrogen-bond acceptors (Lipinski definition) is 4. The van der Waals surface area contributed by atoms with E-state index in [9.17, 15) is 4.79 Å². The van der Waals surface area contributed by atoms with Crippen molar-refractivity contribution in [2.24, 2.45) is 0 Å². The van der Waals surface area contributed by atoms with Gasteiger partial charge in [0.2, 0.25) is 0 Å². The van der Waals surface area contributed by atoms with E-state index < -0.39 is 6.10 Å². The second kappa shape index (κ2) is 6.05. The monoisotopic (exact) mass is 297 g/mol. The molecule has 0 spiro atoms. The fourth-order valence-electron chi connectivity index (χ4n) is 2.77. The molecule has 114 valence electrons. The van der Waals surface area contributed by atoms with Gasteiger partial charge in [-0.25, -0.2) is 0 Å². The number of amides is 1. The highest BCUT2D eigenvalue weighted by atomic mass is 16.5. The van der Waals surface area contributed by atoms with Crippen LogP contribution in [0, 0.1) is 0 Å². The summed E-state index contributed by atoms with van der Waals surface area (Å²) in [5.74, 6) is 0.531. The third-order valence-electron chi connectivity index (χ3n) is 3.85. The third-order valence-corrected chi connectivity index (χ3v) is 3.85. The zero-order valence-corrected chi connectivity index (χ0v) is 12.5. The number of ether oxygens (including phenoxy) is 1. The van der Waals surface area contributed by atoms with Gasteiger partial charge in [-0.2, -0.15) is 0 Å². The normalized spacial score (nSPS) is 15.0. The summed E-state index contributed by atoms with van der Waals surface area (Å²) in [4.78, 5) is 18.5. The van der Waals surface area contributed by atoms with Gasteiger partial charge < -0.3 is 15.4 Å². The average Bonchev–Trinajstić information content (AvgIpc) is 2.55. The van der Waals surface area contributed by atoms with Gasteiger partial charge in [-0.15, -0.1) is 0 Å². The van der Waals surface area contributed by atoms with E-state index in [-0.39, 0.29) is 5.91 Å². The number of nitrogen functional groups attached to an aromatic ring is 1. The summed E-state index contributed by atoms with van der Waals surface area (Å²) in [7, 11) is 0. The Morgan fingerprint density at radius 2 is 2.23 bits per heavy atom. The van der Waals surface area contributed by atoms with E-state index >= 15 is 0 Å². The summed E-state index contributed by atoms with van der Waals surface area (Å²) >= 11 is 0. The number of hydrogen-bond donors (Lipinski definition) is 1. The molecule has 5 nitrogen and oxygen atoms in total. The molecule has 1 unspecified atom stereocenters. The molecule has 1 aromatic carbocycles. The minimum absolute atomic E-state index is 0.0598. The van der Waals surface area contributed by atoms with Crippen LogP contribution in [0.3, 0.4) is 0 Å². The maximum absolute atomic E-state index is 12.7. The van der Waals surface area contributed by atoms with Crippen molar-refractivity contribution in [1.29, 1.82) is 0 Å². The van der Waals surface area contributed by atoms with Gasteiger partial charge in [0.05, 0.1) is 6.20 Å². The van der Waals surface area contributed by atoms with Crippen molar-refractivity contribution in [1.82, 2.24) is 4.98 Å². The Kier molecular flexibility index (Phi) is 3.96. The maximum Gasteiger partial charge on any atom is 0.267 e. The number of rotatable bonds is 3. The number of aromatic nitrogens is 1. The molecule has 2 aromatic rings. The lowest BCUT2D eigenvalue weighted by Crippen LogP contribution is -2.43. The number of fused-ring (bicyclic) bond motifs is 1. The summed E-state index contributed by atoms with van der Waals surface area (Å²) in [6.07, 6.45) is 4.52. The van der Waals surface area contributed by atoms with Crippen LogP contribution in [0.15, 0.2) is 42.7 Å². The van der Waals surface area contributed by atoms with Gasteiger partial charge in [-0.3, -0.25) is 9.78 Å². The van der Waals surface area contributed by atoms with Crippen molar-refractivity contribution >= 4 is 17.3 Å². The molecule has 2 heterocycles. The first-order chi connectivity index (χ1) is 10.7. The van der Waals surface area contributed by atoms with Crippen LogP contribution < -0.4 is 15.4 Å². The van der Waals surface area contributed by atoms with Crippen LogP contribution in [0.2, 0.25) is 0 Å². The number of carbonyl (C=O) groups is 1. The standard InChI is InChI=1S/C17H19N3O2/c1-12(22-13-5-3-9-19-11-13)17(21)20-10-4-6-14-15(18)7-2-8-16(14)20/h2-3,5,7-9,11-12H,4,6,10,18H2,1H3. The van der Waals surface area contributed by atoms with Crippen molar-refractivity contribution in [2.75, 3.05) is 17.2 Å². The van der Waals surface area contributed by atoms with Crippen LogP contribution in [0.5, 0.6) is 5.75 Å². The molecule has 22 heavy (non-hydrogen) atoms. The first-order valence-electron chi connectivity index (χ1n) is 7.42. The van der Waals surface area contributed by atoms with Gasteiger partial charge in [0.25, 0.3) is 5.91 Å². The van der Waals surface area contributed by atoms with Crippen LogP contribution in [0.4, 0.5) is 11.4 Å². The van der Waals surface area contributed by atoms with Gasteiger partial charge in [0, 0.05) is 24.1 Å². The number of pyridine rings is 1. The second-order valence-corrected chi connectivity index (χ2v) is 5.39. The smallest absolute Gasteiger partial charge is 0.267 e. The molecule has 1 atom stereocenters. The van der Waals surface area contributed by atoms with E-state index in [1.165, 1.54) is 0 Å². The first-order valence-corrected chi connectivity index (χ1v) is 7.42. The summed E-state index contributed by atoms with van der Waals surface area (Å²) in [6.45, 7) is 2.45. The third kappa shape index (κ3) is 2.74. The lowest BCUT2D eigenvalue weighted by atomic mass is 9.99. The molecule has 0 fully saturated rings. The predicted molar refractivity (Wildman–Crippen MR) is 85.9 cm³/mol. The highest BCUT2D eigenvalue weighted by molar-refractivity contribution is 5.98. The SMILES string of the molecule is CC(Oc1cccnc1)C(=O)N1CCCc2c(N)cccc21. The van der Waals surface area contributed by atoms with Gasteiger partial charge in [-0.05, 0) is 49.6 Å². The van der Waals surface area contributed by atoms with E-state index in [1.54, 1.807) is 36.4 Å². The number of carbonyl (C=O) groups excluding carboxylic acids is 1. The molecule has 1 aliphatic heterocycles. The molecular weight excluding hydrogens is 278 g/mol. The summed E-state index contributed by atoms with van der Waals surface area (Å²) in [6, 6.07) is 9.27. The number of nitrogens with zero attached hydrogens (tertiary/aromatic N) is 2. The van der Waals surface area contributed by atoms with E-state index in [0.717, 1.165) is 29.8 Å². The Morgan fingerprint density at radius 1 is 1.36 bits per heavy atom. The fourth-order valence-corrected chi connectivity index (χ4v) is 2.77. The summed E-state index contributed by atoms with van der Waals surface area (Å²) in [5.41, 5.74) is 8.72. The topological polar surface area (TPSA) is 68.5 Å². The lowest BCUT2D eigenvalue weighted by molar-refractivity contribution is -0.124. The van der Waals surface area contributed by atoms with Crippen LogP contribution >= 0.6 is 0 Å². The van der Waals surface area contributed by atoms with Crippen LogP contribution in [0.1, 0.15) is 18.9 Å². The minimum atomic E-state index is -0.573.